The number of halogens is 3. The fraction of sp³-hybridized carbons (Fsp3) is 0.467. The van der Waals surface area contributed by atoms with Crippen molar-refractivity contribution < 1.29 is 22.8 Å². The second-order valence-electron chi connectivity index (χ2n) is 4.78. The van der Waals surface area contributed by atoms with Crippen LogP contribution < -0.4 is 10.6 Å². The van der Waals surface area contributed by atoms with Crippen molar-refractivity contribution in [2.45, 2.75) is 26.7 Å². The van der Waals surface area contributed by atoms with Gasteiger partial charge in [-0.2, -0.15) is 0 Å². The Morgan fingerprint density at radius 2 is 1.59 bits per heavy atom. The van der Waals surface area contributed by atoms with Gasteiger partial charge in [-0.1, -0.05) is 13.8 Å². The van der Waals surface area contributed by atoms with Gasteiger partial charge in [-0.3, -0.25) is 9.59 Å². The first kappa shape index (κ1) is 18.0. The molecule has 1 rings (SSSR count). The van der Waals surface area contributed by atoms with Crippen LogP contribution in [0.2, 0.25) is 0 Å². The third kappa shape index (κ3) is 4.47. The molecule has 1 aromatic carbocycles. The van der Waals surface area contributed by atoms with Crippen LogP contribution in [0.25, 0.3) is 0 Å². The van der Waals surface area contributed by atoms with Crippen molar-refractivity contribution in [2.24, 2.45) is 5.92 Å². The number of nitrogens with one attached hydrogen (secondary N) is 2. The normalized spacial score (nSPS) is 10.6. The third-order valence-corrected chi connectivity index (χ3v) is 3.35. The van der Waals surface area contributed by atoms with E-state index in [2.05, 4.69) is 10.6 Å². The van der Waals surface area contributed by atoms with Crippen LogP contribution >= 0.6 is 0 Å². The minimum atomic E-state index is -1.69. The largest absolute Gasteiger partial charge is 0.354 e. The smallest absolute Gasteiger partial charge is 0.254 e. The number of carbonyl (C=O) groups excluding carboxylic acids is 2. The zero-order valence-corrected chi connectivity index (χ0v) is 12.5. The van der Waals surface area contributed by atoms with Crippen LogP contribution in [0.5, 0.6) is 0 Å². The number of hydrogen-bond donors (Lipinski definition) is 2. The van der Waals surface area contributed by atoms with Crippen LogP contribution in [-0.4, -0.2) is 24.9 Å². The molecule has 0 saturated heterocycles. The Morgan fingerprint density at radius 1 is 1.00 bits per heavy atom. The summed E-state index contributed by atoms with van der Waals surface area (Å²) in [4.78, 5) is 23.3. The highest BCUT2D eigenvalue weighted by Crippen LogP contribution is 2.14. The molecule has 0 aliphatic rings. The molecule has 122 valence electrons. The van der Waals surface area contributed by atoms with Crippen molar-refractivity contribution in [2.75, 3.05) is 13.1 Å². The van der Waals surface area contributed by atoms with Crippen LogP contribution in [0, 0.1) is 23.4 Å². The first-order valence-corrected chi connectivity index (χ1v) is 7.11. The molecule has 2 amide bonds. The number of hydrogen-bond acceptors (Lipinski definition) is 2. The zero-order chi connectivity index (χ0) is 16.7. The minimum Gasteiger partial charge on any atom is -0.354 e. The first-order valence-electron chi connectivity index (χ1n) is 7.11. The van der Waals surface area contributed by atoms with Crippen LogP contribution in [0.4, 0.5) is 13.2 Å². The van der Waals surface area contributed by atoms with Crippen LogP contribution in [0.15, 0.2) is 12.1 Å². The fourth-order valence-corrected chi connectivity index (χ4v) is 1.96. The maximum Gasteiger partial charge on any atom is 0.254 e. The zero-order valence-electron chi connectivity index (χ0n) is 12.5. The standard InChI is InChI=1S/C15H19F3N2O2/c1-3-9(4-2)14(21)19-7-8-20-15(22)10-5-6-11(16)13(18)12(10)17/h5-6,9H,3-4,7-8H2,1-2H3,(H,19,21)(H,20,22). The lowest BCUT2D eigenvalue weighted by Crippen LogP contribution is -2.37. The monoisotopic (exact) mass is 316 g/mol. The Balaban J connectivity index is 2.48. The summed E-state index contributed by atoms with van der Waals surface area (Å²) in [5, 5.41) is 4.98. The first-order chi connectivity index (χ1) is 10.4. The van der Waals surface area contributed by atoms with Crippen molar-refractivity contribution in [3.63, 3.8) is 0 Å². The Hall–Kier alpha value is -2.05. The van der Waals surface area contributed by atoms with Gasteiger partial charge in [-0.05, 0) is 25.0 Å². The number of carbonyl (C=O) groups is 2. The van der Waals surface area contributed by atoms with Gasteiger partial charge in [-0.15, -0.1) is 0 Å². The van der Waals surface area contributed by atoms with Gasteiger partial charge in [0.1, 0.15) is 0 Å². The Kier molecular flexibility index (Phi) is 6.88. The summed E-state index contributed by atoms with van der Waals surface area (Å²) in [6, 6.07) is 1.55. The second kappa shape index (κ2) is 8.41. The number of amides is 2. The van der Waals surface area contributed by atoms with E-state index in [4.69, 9.17) is 0 Å². The Bertz CT molecular complexity index is 546. The molecule has 0 aromatic heterocycles. The molecule has 0 radical (unpaired) electrons. The van der Waals surface area contributed by atoms with E-state index in [-0.39, 0.29) is 24.9 Å². The second-order valence-corrected chi connectivity index (χ2v) is 4.78. The predicted molar refractivity (Wildman–Crippen MR) is 75.7 cm³/mol. The van der Waals surface area contributed by atoms with Crippen LogP contribution in [0.1, 0.15) is 37.0 Å². The van der Waals surface area contributed by atoms with E-state index in [1.54, 1.807) is 0 Å². The summed E-state index contributed by atoms with van der Waals surface area (Å²) < 4.78 is 39.2. The van der Waals surface area contributed by atoms with Gasteiger partial charge in [0, 0.05) is 19.0 Å². The van der Waals surface area contributed by atoms with Crippen LogP contribution in [-0.2, 0) is 4.79 Å². The fourth-order valence-electron chi connectivity index (χ4n) is 1.96. The molecule has 0 saturated carbocycles. The molecule has 22 heavy (non-hydrogen) atoms. The molecule has 0 heterocycles. The van der Waals surface area contributed by atoms with Crippen molar-refractivity contribution in [1.29, 1.82) is 0 Å². The SMILES string of the molecule is CCC(CC)C(=O)NCCNC(=O)c1ccc(F)c(F)c1F. The average molecular weight is 316 g/mol. The highest BCUT2D eigenvalue weighted by atomic mass is 19.2. The van der Waals surface area contributed by atoms with Gasteiger partial charge < -0.3 is 10.6 Å². The molecule has 0 spiro atoms. The maximum absolute atomic E-state index is 13.4. The lowest BCUT2D eigenvalue weighted by molar-refractivity contribution is -0.125. The van der Waals surface area contributed by atoms with Crippen molar-refractivity contribution in [3.05, 3.63) is 35.1 Å². The van der Waals surface area contributed by atoms with E-state index in [1.807, 2.05) is 13.8 Å². The Morgan fingerprint density at radius 3 is 2.18 bits per heavy atom. The number of benzene rings is 1. The molecule has 2 N–H and O–H groups in total. The minimum absolute atomic E-state index is 0.0587. The van der Waals surface area contributed by atoms with Crippen molar-refractivity contribution >= 4 is 11.8 Å². The predicted octanol–water partition coefficient (Wildman–Crippen LogP) is 2.39. The molecule has 0 unspecified atom stereocenters. The highest BCUT2D eigenvalue weighted by molar-refractivity contribution is 5.94. The molecule has 0 atom stereocenters. The van der Waals surface area contributed by atoms with Crippen LogP contribution in [0.3, 0.4) is 0 Å². The molecule has 4 nitrogen and oxygen atoms in total. The van der Waals surface area contributed by atoms with Crippen molar-refractivity contribution in [3.8, 4) is 0 Å². The summed E-state index contributed by atoms with van der Waals surface area (Å²) in [6.45, 7) is 4.04. The van der Waals surface area contributed by atoms with Gasteiger partial charge >= 0.3 is 0 Å². The van der Waals surface area contributed by atoms with E-state index in [0.717, 1.165) is 18.9 Å². The topological polar surface area (TPSA) is 58.2 Å². The molecule has 7 heteroatoms. The summed E-state index contributed by atoms with van der Waals surface area (Å²) in [6.07, 6.45) is 1.43. The van der Waals surface area contributed by atoms with Gasteiger partial charge in [-0.25, -0.2) is 13.2 Å². The molecule has 0 aliphatic heterocycles. The maximum atomic E-state index is 13.4. The molecule has 1 aromatic rings. The molecular weight excluding hydrogens is 297 g/mol. The lowest BCUT2D eigenvalue weighted by Gasteiger charge is -2.13. The molecular formula is C15H19F3N2O2. The Labute approximate surface area is 127 Å². The van der Waals surface area contributed by atoms with Gasteiger partial charge in [0.05, 0.1) is 5.56 Å². The van der Waals surface area contributed by atoms with Crippen molar-refractivity contribution in [1.82, 2.24) is 10.6 Å². The van der Waals surface area contributed by atoms with E-state index in [1.165, 1.54) is 0 Å². The summed E-state index contributed by atoms with van der Waals surface area (Å²) >= 11 is 0. The highest BCUT2D eigenvalue weighted by Gasteiger charge is 2.18. The van der Waals surface area contributed by atoms with Gasteiger partial charge in [0.2, 0.25) is 5.91 Å². The molecule has 0 bridgehead atoms. The number of rotatable bonds is 7. The van der Waals surface area contributed by atoms with E-state index < -0.39 is 28.9 Å². The van der Waals surface area contributed by atoms with E-state index >= 15 is 0 Å². The average Bonchev–Trinajstić information content (AvgIpc) is 2.50. The lowest BCUT2D eigenvalue weighted by atomic mass is 10.0. The molecule has 0 aliphatic carbocycles. The summed E-state index contributed by atoms with van der Waals surface area (Å²) in [5.41, 5.74) is -0.579. The van der Waals surface area contributed by atoms with E-state index in [9.17, 15) is 22.8 Å². The summed E-state index contributed by atoms with van der Waals surface area (Å²) in [7, 11) is 0. The quantitative estimate of drug-likeness (QED) is 0.599. The van der Waals surface area contributed by atoms with Gasteiger partial charge in [0.25, 0.3) is 5.91 Å². The molecule has 0 fully saturated rings. The van der Waals surface area contributed by atoms with Gasteiger partial charge in [0.15, 0.2) is 17.5 Å². The summed E-state index contributed by atoms with van der Waals surface area (Å²) in [5.74, 6) is -5.63. The van der Waals surface area contributed by atoms with E-state index in [0.29, 0.717) is 6.07 Å². The third-order valence-electron chi connectivity index (χ3n) is 3.35.